The molecule has 28 heavy (non-hydrogen) atoms. The van der Waals surface area contributed by atoms with Gasteiger partial charge in [-0.15, -0.1) is 0 Å². The van der Waals surface area contributed by atoms with Crippen LogP contribution in [-0.4, -0.2) is 38.5 Å². The van der Waals surface area contributed by atoms with Gasteiger partial charge in [-0.3, -0.25) is 9.36 Å². The van der Waals surface area contributed by atoms with Crippen LogP contribution in [0, 0.1) is 12.8 Å². The highest BCUT2D eigenvalue weighted by atomic mass is 16.4. The van der Waals surface area contributed by atoms with Gasteiger partial charge in [-0.25, -0.2) is 4.79 Å². The molecule has 2 N–H and O–H groups in total. The number of benzene rings is 1. The summed E-state index contributed by atoms with van der Waals surface area (Å²) in [5.74, 6) is 0.249. The Morgan fingerprint density at radius 2 is 1.71 bits per heavy atom. The zero-order chi connectivity index (χ0) is 19.7. The maximum Gasteiger partial charge on any atom is 0.350 e. The summed E-state index contributed by atoms with van der Waals surface area (Å²) in [5.41, 5.74) is 1.97. The predicted molar refractivity (Wildman–Crippen MR) is 106 cm³/mol. The van der Waals surface area contributed by atoms with Gasteiger partial charge in [0.05, 0.1) is 11.6 Å². The fourth-order valence-corrected chi connectivity index (χ4v) is 4.69. The van der Waals surface area contributed by atoms with Crippen molar-refractivity contribution in [1.29, 1.82) is 0 Å². The zero-order valence-corrected chi connectivity index (χ0v) is 16.3. The van der Waals surface area contributed by atoms with Crippen LogP contribution in [0.2, 0.25) is 0 Å². The molecule has 0 unspecified atom stereocenters. The first-order valence-corrected chi connectivity index (χ1v) is 10.3. The van der Waals surface area contributed by atoms with Gasteiger partial charge in [0.25, 0.3) is 0 Å². The van der Waals surface area contributed by atoms with E-state index in [1.807, 2.05) is 19.1 Å². The van der Waals surface area contributed by atoms with Gasteiger partial charge in [0, 0.05) is 6.04 Å². The quantitative estimate of drug-likeness (QED) is 0.846. The lowest BCUT2D eigenvalue weighted by molar-refractivity contribution is -0.143. The van der Waals surface area contributed by atoms with Crippen molar-refractivity contribution in [2.24, 2.45) is 5.92 Å². The number of hydrogen-bond donors (Lipinski definition) is 2. The van der Waals surface area contributed by atoms with E-state index in [1.165, 1.54) is 10.2 Å². The minimum atomic E-state index is -0.730. The van der Waals surface area contributed by atoms with Crippen LogP contribution in [0.5, 0.6) is 0 Å². The molecule has 1 saturated heterocycles. The molecule has 0 spiro atoms. The zero-order valence-electron chi connectivity index (χ0n) is 16.3. The molecule has 0 atom stereocenters. The minimum Gasteiger partial charge on any atom is -0.481 e. The molecule has 2 fully saturated rings. The number of aryl methyl sites for hydroxylation is 1. The monoisotopic (exact) mass is 384 g/mol. The van der Waals surface area contributed by atoms with Gasteiger partial charge < -0.3 is 10.4 Å². The maximum absolute atomic E-state index is 13.0. The second kappa shape index (κ2) is 7.91. The third-order valence-corrected chi connectivity index (χ3v) is 6.34. The summed E-state index contributed by atoms with van der Waals surface area (Å²) in [5, 5.41) is 17.1. The second-order valence-corrected chi connectivity index (χ2v) is 8.07. The Balaban J connectivity index is 1.54. The summed E-state index contributed by atoms with van der Waals surface area (Å²) >= 11 is 0. The molecule has 7 nitrogen and oxygen atoms in total. The highest BCUT2D eigenvalue weighted by molar-refractivity contribution is 5.70. The van der Waals surface area contributed by atoms with Crippen molar-refractivity contribution in [3.8, 4) is 5.69 Å². The van der Waals surface area contributed by atoms with Crippen LogP contribution >= 0.6 is 0 Å². The van der Waals surface area contributed by atoms with Crippen LogP contribution in [0.4, 0.5) is 0 Å². The number of aliphatic carboxylic acids is 1. The Labute approximate surface area is 164 Å². The van der Waals surface area contributed by atoms with Gasteiger partial charge in [-0.05, 0) is 82.2 Å². The lowest BCUT2D eigenvalue weighted by atomic mass is 9.86. The number of rotatable bonds is 4. The van der Waals surface area contributed by atoms with E-state index in [9.17, 15) is 14.7 Å². The summed E-state index contributed by atoms with van der Waals surface area (Å²) in [6.07, 6.45) is 4.93. The van der Waals surface area contributed by atoms with E-state index in [0.29, 0.717) is 37.4 Å². The second-order valence-electron chi connectivity index (χ2n) is 8.07. The average molecular weight is 384 g/mol. The molecule has 1 aromatic heterocycles. The summed E-state index contributed by atoms with van der Waals surface area (Å²) in [4.78, 5) is 24.2. The van der Waals surface area contributed by atoms with Crippen LogP contribution < -0.4 is 11.0 Å². The Morgan fingerprint density at radius 1 is 1.07 bits per heavy atom. The lowest BCUT2D eigenvalue weighted by Crippen LogP contribution is -2.31. The number of carboxylic acids is 1. The number of aromatic nitrogens is 3. The third-order valence-electron chi connectivity index (χ3n) is 6.34. The number of hydrogen-bond acceptors (Lipinski definition) is 4. The van der Waals surface area contributed by atoms with E-state index in [4.69, 9.17) is 0 Å². The molecule has 2 aliphatic rings. The highest BCUT2D eigenvalue weighted by Gasteiger charge is 2.29. The van der Waals surface area contributed by atoms with Gasteiger partial charge in [-0.1, -0.05) is 12.1 Å². The van der Waals surface area contributed by atoms with Gasteiger partial charge in [0.1, 0.15) is 5.82 Å². The first-order chi connectivity index (χ1) is 13.5. The molecule has 4 rings (SSSR count). The molecule has 1 aliphatic heterocycles. The van der Waals surface area contributed by atoms with Crippen LogP contribution in [0.3, 0.4) is 0 Å². The molecule has 0 amide bonds. The molecule has 0 bridgehead atoms. The van der Waals surface area contributed by atoms with E-state index in [0.717, 1.165) is 31.6 Å². The predicted octanol–water partition coefficient (Wildman–Crippen LogP) is 2.63. The Morgan fingerprint density at radius 3 is 2.32 bits per heavy atom. The van der Waals surface area contributed by atoms with Crippen molar-refractivity contribution in [3.63, 3.8) is 0 Å². The first-order valence-electron chi connectivity index (χ1n) is 10.3. The molecule has 1 aliphatic carbocycles. The summed E-state index contributed by atoms with van der Waals surface area (Å²) in [6, 6.07) is 8.23. The number of nitrogens with one attached hydrogen (secondary N) is 1. The largest absolute Gasteiger partial charge is 0.481 e. The van der Waals surface area contributed by atoms with Crippen molar-refractivity contribution in [2.75, 3.05) is 13.1 Å². The summed E-state index contributed by atoms with van der Waals surface area (Å²) < 4.78 is 3.23. The average Bonchev–Trinajstić information content (AvgIpc) is 3.03. The topological polar surface area (TPSA) is 89.2 Å². The molecule has 7 heteroatoms. The van der Waals surface area contributed by atoms with Crippen molar-refractivity contribution < 1.29 is 9.90 Å². The number of carbonyl (C=O) groups is 1. The minimum absolute atomic E-state index is 0.0332. The standard InChI is InChI=1S/C21H28N4O3/c1-14-23-25(19-8-2-15(3-9-19)16-10-12-22-13-11-16)21(28)24(14)18-6-4-17(5-7-18)20(26)27/h2-3,8-9,16-18,22H,4-7,10-13H2,1H3,(H,26,27)/t17-,18-. The van der Waals surface area contributed by atoms with Gasteiger partial charge >= 0.3 is 11.7 Å². The Kier molecular flexibility index (Phi) is 5.35. The maximum atomic E-state index is 13.0. The third kappa shape index (κ3) is 3.63. The lowest BCUT2D eigenvalue weighted by Gasteiger charge is -2.26. The molecule has 2 heterocycles. The van der Waals surface area contributed by atoms with Crippen molar-refractivity contribution in [1.82, 2.24) is 19.7 Å². The molecule has 150 valence electrons. The summed E-state index contributed by atoms with van der Waals surface area (Å²) in [6.45, 7) is 3.96. The molecule has 1 saturated carbocycles. The Bertz CT molecular complexity index is 885. The SMILES string of the molecule is Cc1nn(-c2ccc(C3CCNCC3)cc2)c(=O)n1[C@H]1CC[C@H](C(=O)O)CC1. The first kappa shape index (κ1) is 18.9. The molecular weight excluding hydrogens is 356 g/mol. The van der Waals surface area contributed by atoms with Crippen molar-refractivity contribution in [3.05, 3.63) is 46.1 Å². The van der Waals surface area contributed by atoms with E-state index in [2.05, 4.69) is 22.5 Å². The number of carboxylic acid groups (broad SMARTS) is 1. The van der Waals surface area contributed by atoms with E-state index >= 15 is 0 Å². The Hall–Kier alpha value is -2.41. The van der Waals surface area contributed by atoms with Gasteiger partial charge in [0.2, 0.25) is 0 Å². The van der Waals surface area contributed by atoms with Crippen LogP contribution in [-0.2, 0) is 4.79 Å². The molecule has 0 radical (unpaired) electrons. The van der Waals surface area contributed by atoms with Crippen LogP contribution in [0.25, 0.3) is 5.69 Å². The highest BCUT2D eigenvalue weighted by Crippen LogP contribution is 2.32. The molecule has 2 aromatic rings. The van der Waals surface area contributed by atoms with Crippen LogP contribution in [0.15, 0.2) is 29.1 Å². The number of nitrogens with zero attached hydrogens (tertiary/aromatic N) is 3. The fourth-order valence-electron chi connectivity index (χ4n) is 4.69. The molecule has 1 aromatic carbocycles. The normalized spacial score (nSPS) is 23.6. The smallest absolute Gasteiger partial charge is 0.350 e. The van der Waals surface area contributed by atoms with E-state index in [1.54, 1.807) is 4.57 Å². The molecular formula is C21H28N4O3. The van der Waals surface area contributed by atoms with E-state index < -0.39 is 5.97 Å². The number of piperidine rings is 1. The van der Waals surface area contributed by atoms with Gasteiger partial charge in [-0.2, -0.15) is 9.78 Å². The van der Waals surface area contributed by atoms with Crippen molar-refractivity contribution in [2.45, 2.75) is 57.4 Å². The van der Waals surface area contributed by atoms with Gasteiger partial charge in [0.15, 0.2) is 0 Å². The van der Waals surface area contributed by atoms with E-state index in [-0.39, 0.29) is 17.6 Å². The van der Waals surface area contributed by atoms with Crippen LogP contribution in [0.1, 0.15) is 61.9 Å². The fraction of sp³-hybridized carbons (Fsp3) is 0.571. The van der Waals surface area contributed by atoms with Crippen molar-refractivity contribution >= 4 is 5.97 Å². The summed E-state index contributed by atoms with van der Waals surface area (Å²) in [7, 11) is 0.